The average molecular weight is 279 g/mol. The maximum Gasteiger partial charge on any atom is 0.338 e. The van der Waals surface area contributed by atoms with E-state index in [1.807, 2.05) is 0 Å². The monoisotopic (exact) mass is 279 g/mol. The van der Waals surface area contributed by atoms with E-state index < -0.39 is 11.8 Å². The van der Waals surface area contributed by atoms with Crippen molar-refractivity contribution >= 4 is 5.97 Å². The first-order valence-electron chi connectivity index (χ1n) is 7.37. The van der Waals surface area contributed by atoms with Gasteiger partial charge in [0.25, 0.3) is 0 Å². The summed E-state index contributed by atoms with van der Waals surface area (Å²) in [7, 11) is 0. The zero-order chi connectivity index (χ0) is 14.5. The second kappa shape index (κ2) is 6.84. The molecular formula is C16H22FNO2. The molecule has 0 amide bonds. The number of likely N-dealkylation sites (tertiary alicyclic amines) is 1. The van der Waals surface area contributed by atoms with Gasteiger partial charge in [0, 0.05) is 12.6 Å². The van der Waals surface area contributed by atoms with Crippen LogP contribution >= 0.6 is 0 Å². The molecule has 0 spiro atoms. The lowest BCUT2D eigenvalue weighted by Crippen LogP contribution is -2.38. The van der Waals surface area contributed by atoms with Crippen molar-refractivity contribution < 1.29 is 14.3 Å². The smallest absolute Gasteiger partial charge is 0.338 e. The second-order valence-electron chi connectivity index (χ2n) is 5.53. The first kappa shape index (κ1) is 15.0. The molecule has 1 aliphatic heterocycles. The quantitative estimate of drug-likeness (QED) is 0.894. The molecule has 1 aromatic rings. The molecule has 1 heterocycles. The number of hydrogen-bond donors (Lipinski definition) is 1. The van der Waals surface area contributed by atoms with E-state index in [4.69, 9.17) is 5.11 Å². The summed E-state index contributed by atoms with van der Waals surface area (Å²) in [5.41, 5.74) is 0.605. The van der Waals surface area contributed by atoms with Gasteiger partial charge in [0.1, 0.15) is 5.82 Å². The molecule has 1 aliphatic rings. The van der Waals surface area contributed by atoms with E-state index >= 15 is 0 Å². The number of carboxylic acids is 1. The van der Waals surface area contributed by atoms with E-state index in [1.54, 1.807) is 6.07 Å². The molecule has 1 N–H and O–H groups in total. The van der Waals surface area contributed by atoms with Crippen molar-refractivity contribution in [3.05, 3.63) is 35.1 Å². The Morgan fingerprint density at radius 3 is 2.90 bits per heavy atom. The minimum atomic E-state index is -1.21. The molecule has 3 nitrogen and oxygen atoms in total. The molecule has 4 heteroatoms. The number of piperidine rings is 1. The number of benzene rings is 1. The van der Waals surface area contributed by atoms with Crippen LogP contribution in [0.1, 0.15) is 54.9 Å². The predicted molar refractivity (Wildman–Crippen MR) is 76.3 cm³/mol. The lowest BCUT2D eigenvalue weighted by molar-refractivity contribution is 0.0691. The first-order valence-corrected chi connectivity index (χ1v) is 7.37. The van der Waals surface area contributed by atoms with Crippen LogP contribution in [0, 0.1) is 5.82 Å². The van der Waals surface area contributed by atoms with Gasteiger partial charge < -0.3 is 5.11 Å². The summed E-state index contributed by atoms with van der Waals surface area (Å²) < 4.78 is 13.7. The summed E-state index contributed by atoms with van der Waals surface area (Å²) >= 11 is 0. The minimum Gasteiger partial charge on any atom is -0.478 e. The summed E-state index contributed by atoms with van der Waals surface area (Å²) in [6.45, 7) is 3.95. The van der Waals surface area contributed by atoms with Crippen molar-refractivity contribution in [2.45, 2.75) is 51.6 Å². The van der Waals surface area contributed by atoms with E-state index in [1.165, 1.54) is 37.8 Å². The van der Waals surface area contributed by atoms with E-state index in [9.17, 15) is 9.18 Å². The zero-order valence-corrected chi connectivity index (χ0v) is 11.9. The molecule has 1 fully saturated rings. The van der Waals surface area contributed by atoms with Gasteiger partial charge >= 0.3 is 5.97 Å². The van der Waals surface area contributed by atoms with E-state index in [0.717, 1.165) is 18.5 Å². The Balaban J connectivity index is 2.08. The molecule has 1 unspecified atom stereocenters. The van der Waals surface area contributed by atoms with Gasteiger partial charge in [0.05, 0.1) is 5.56 Å². The standard InChI is InChI=1S/C16H22FNO2/c1-2-5-13-6-3-4-9-18(13)11-12-7-8-14(16(19)20)15(17)10-12/h7-8,10,13H,2-6,9,11H2,1H3,(H,19,20). The summed E-state index contributed by atoms with van der Waals surface area (Å²) in [6, 6.07) is 5.03. The number of aromatic carboxylic acids is 1. The van der Waals surface area contributed by atoms with E-state index in [0.29, 0.717) is 12.6 Å². The molecule has 0 bridgehead atoms. The van der Waals surface area contributed by atoms with E-state index in [-0.39, 0.29) is 5.56 Å². The van der Waals surface area contributed by atoms with E-state index in [2.05, 4.69) is 11.8 Å². The van der Waals surface area contributed by atoms with Crippen molar-refractivity contribution in [2.75, 3.05) is 6.54 Å². The number of hydrogen-bond acceptors (Lipinski definition) is 2. The molecule has 0 saturated carbocycles. The van der Waals surface area contributed by atoms with Crippen molar-refractivity contribution in [2.24, 2.45) is 0 Å². The van der Waals surface area contributed by atoms with Gasteiger partial charge in [-0.3, -0.25) is 4.90 Å². The predicted octanol–water partition coefficient (Wildman–Crippen LogP) is 3.68. The third kappa shape index (κ3) is 3.57. The van der Waals surface area contributed by atoms with Crippen LogP contribution in [-0.2, 0) is 6.54 Å². The Morgan fingerprint density at radius 2 is 2.25 bits per heavy atom. The van der Waals surface area contributed by atoms with Crippen molar-refractivity contribution in [1.82, 2.24) is 4.90 Å². The van der Waals surface area contributed by atoms with Gasteiger partial charge in [-0.05, 0) is 43.5 Å². The molecule has 20 heavy (non-hydrogen) atoms. The highest BCUT2D eigenvalue weighted by Crippen LogP contribution is 2.23. The van der Waals surface area contributed by atoms with Gasteiger partial charge in [0.15, 0.2) is 0 Å². The normalized spacial score (nSPS) is 20.0. The van der Waals surface area contributed by atoms with Crippen LogP contribution in [-0.4, -0.2) is 28.6 Å². The third-order valence-electron chi connectivity index (χ3n) is 4.02. The summed E-state index contributed by atoms with van der Waals surface area (Å²) in [5.74, 6) is -1.85. The molecule has 0 aliphatic carbocycles. The lowest BCUT2D eigenvalue weighted by atomic mass is 9.97. The number of carboxylic acid groups (broad SMARTS) is 1. The first-order chi connectivity index (χ1) is 9.61. The van der Waals surface area contributed by atoms with Crippen molar-refractivity contribution in [3.8, 4) is 0 Å². The number of rotatable bonds is 5. The Morgan fingerprint density at radius 1 is 1.45 bits per heavy atom. The van der Waals surface area contributed by atoms with Crippen molar-refractivity contribution in [3.63, 3.8) is 0 Å². The fourth-order valence-corrected chi connectivity index (χ4v) is 2.99. The van der Waals surface area contributed by atoms with Crippen LogP contribution in [0.5, 0.6) is 0 Å². The fourth-order valence-electron chi connectivity index (χ4n) is 2.99. The Labute approximate surface area is 119 Å². The molecule has 110 valence electrons. The molecule has 0 aromatic heterocycles. The molecule has 1 atom stereocenters. The highest BCUT2D eigenvalue weighted by Gasteiger charge is 2.22. The highest BCUT2D eigenvalue weighted by atomic mass is 19.1. The zero-order valence-electron chi connectivity index (χ0n) is 11.9. The molecular weight excluding hydrogens is 257 g/mol. The summed E-state index contributed by atoms with van der Waals surface area (Å²) in [4.78, 5) is 13.2. The molecule has 2 rings (SSSR count). The number of nitrogens with zero attached hydrogens (tertiary/aromatic N) is 1. The van der Waals surface area contributed by atoms with Gasteiger partial charge in [-0.1, -0.05) is 25.8 Å². The van der Waals surface area contributed by atoms with Gasteiger partial charge in [-0.15, -0.1) is 0 Å². The number of halogens is 1. The van der Waals surface area contributed by atoms with Crippen LogP contribution in [0.4, 0.5) is 4.39 Å². The molecule has 0 radical (unpaired) electrons. The summed E-state index contributed by atoms with van der Waals surface area (Å²) in [5, 5.41) is 8.84. The Bertz CT molecular complexity index is 474. The second-order valence-corrected chi connectivity index (χ2v) is 5.53. The highest BCUT2D eigenvalue weighted by molar-refractivity contribution is 5.87. The van der Waals surface area contributed by atoms with Gasteiger partial charge in [0.2, 0.25) is 0 Å². The van der Waals surface area contributed by atoms with Gasteiger partial charge in [-0.2, -0.15) is 0 Å². The SMILES string of the molecule is CCCC1CCCCN1Cc1ccc(C(=O)O)c(F)c1. The third-order valence-corrected chi connectivity index (χ3v) is 4.02. The van der Waals surface area contributed by atoms with Crippen LogP contribution < -0.4 is 0 Å². The van der Waals surface area contributed by atoms with Crippen molar-refractivity contribution in [1.29, 1.82) is 0 Å². The topological polar surface area (TPSA) is 40.5 Å². The Hall–Kier alpha value is -1.42. The Kier molecular flexibility index (Phi) is 5.12. The van der Waals surface area contributed by atoms with Crippen LogP contribution in [0.15, 0.2) is 18.2 Å². The van der Waals surface area contributed by atoms with Crippen LogP contribution in [0.3, 0.4) is 0 Å². The fraction of sp³-hybridized carbons (Fsp3) is 0.562. The summed E-state index contributed by atoms with van der Waals surface area (Å²) in [6.07, 6.45) is 6.01. The lowest BCUT2D eigenvalue weighted by Gasteiger charge is -2.35. The van der Waals surface area contributed by atoms with Crippen LogP contribution in [0.2, 0.25) is 0 Å². The molecule has 1 aromatic carbocycles. The maximum atomic E-state index is 13.7. The molecule has 1 saturated heterocycles. The maximum absolute atomic E-state index is 13.7. The minimum absolute atomic E-state index is 0.252. The van der Waals surface area contributed by atoms with Crippen LogP contribution in [0.25, 0.3) is 0 Å². The average Bonchev–Trinajstić information content (AvgIpc) is 2.41. The van der Waals surface area contributed by atoms with Gasteiger partial charge in [-0.25, -0.2) is 9.18 Å². The number of carbonyl (C=O) groups is 1. The largest absolute Gasteiger partial charge is 0.478 e.